The Hall–Kier alpha value is -2.24. The van der Waals surface area contributed by atoms with Gasteiger partial charge in [-0.15, -0.1) is 0 Å². The summed E-state index contributed by atoms with van der Waals surface area (Å²) in [7, 11) is 0. The highest BCUT2D eigenvalue weighted by atomic mass is 16.5. The first-order valence-corrected chi connectivity index (χ1v) is 5.96. The molecule has 0 unspecified atom stereocenters. The number of carboxylic acids is 1. The van der Waals surface area contributed by atoms with Gasteiger partial charge in [-0.25, -0.2) is 0 Å². The Kier molecular flexibility index (Phi) is 6.21. The van der Waals surface area contributed by atoms with Crippen molar-refractivity contribution in [3.63, 3.8) is 0 Å². The number of aliphatic carboxylic acids is 1. The average Bonchev–Trinajstić information content (AvgIpc) is 2.37. The molecule has 1 rings (SSSR count). The summed E-state index contributed by atoms with van der Waals surface area (Å²) in [5.74, 6) is -0.267. The molecule has 1 aromatic rings. The van der Waals surface area contributed by atoms with Gasteiger partial charge in [-0.1, -0.05) is 12.1 Å². The van der Waals surface area contributed by atoms with Crippen LogP contribution in [0, 0.1) is 0 Å². The van der Waals surface area contributed by atoms with E-state index in [1.54, 1.807) is 18.2 Å². The van der Waals surface area contributed by atoms with E-state index < -0.39 is 5.97 Å². The van der Waals surface area contributed by atoms with Crippen molar-refractivity contribution < 1.29 is 24.2 Å². The van der Waals surface area contributed by atoms with Gasteiger partial charge in [-0.2, -0.15) is 0 Å². The first-order valence-electron chi connectivity index (χ1n) is 5.96. The number of hydrogen-bond donors (Lipinski definition) is 2. The third-order valence-electron chi connectivity index (χ3n) is 2.17. The minimum absolute atomic E-state index is 0.0879. The molecule has 6 heteroatoms. The molecule has 0 aromatic heterocycles. The van der Waals surface area contributed by atoms with Gasteiger partial charge in [0.1, 0.15) is 0 Å². The van der Waals surface area contributed by atoms with Crippen molar-refractivity contribution in [2.45, 2.75) is 13.3 Å². The summed E-state index contributed by atoms with van der Waals surface area (Å²) in [5, 5.41) is 10.9. The molecule has 0 bridgehead atoms. The lowest BCUT2D eigenvalue weighted by atomic mass is 10.3. The van der Waals surface area contributed by atoms with Crippen molar-refractivity contribution >= 4 is 11.9 Å². The zero-order valence-corrected chi connectivity index (χ0v) is 10.7. The molecule has 1 amide bonds. The maximum Gasteiger partial charge on any atom is 0.305 e. The number of hydrogen-bond acceptors (Lipinski definition) is 4. The molecule has 0 spiro atoms. The molecule has 0 fully saturated rings. The van der Waals surface area contributed by atoms with E-state index in [1.807, 2.05) is 13.0 Å². The van der Waals surface area contributed by atoms with Gasteiger partial charge in [-0.05, 0) is 19.1 Å². The number of carbonyl (C=O) groups is 2. The van der Waals surface area contributed by atoms with Crippen LogP contribution in [0.15, 0.2) is 24.3 Å². The van der Waals surface area contributed by atoms with Gasteiger partial charge in [0.25, 0.3) is 5.91 Å². The van der Waals surface area contributed by atoms with Crippen LogP contribution in [-0.2, 0) is 9.59 Å². The predicted molar refractivity (Wildman–Crippen MR) is 68.4 cm³/mol. The molecule has 104 valence electrons. The number of amides is 1. The largest absolute Gasteiger partial charge is 0.490 e. The number of rotatable bonds is 8. The fourth-order valence-electron chi connectivity index (χ4n) is 1.35. The molecule has 0 atom stereocenters. The highest BCUT2D eigenvalue weighted by Gasteiger charge is 2.07. The molecule has 2 N–H and O–H groups in total. The van der Waals surface area contributed by atoms with Crippen LogP contribution >= 0.6 is 0 Å². The van der Waals surface area contributed by atoms with Crippen molar-refractivity contribution in [2.24, 2.45) is 0 Å². The molecule has 0 heterocycles. The van der Waals surface area contributed by atoms with Crippen LogP contribution in [0.1, 0.15) is 13.3 Å². The van der Waals surface area contributed by atoms with Crippen LogP contribution in [0.2, 0.25) is 0 Å². The van der Waals surface area contributed by atoms with E-state index in [-0.39, 0.29) is 25.5 Å². The van der Waals surface area contributed by atoms with E-state index in [1.165, 1.54) is 0 Å². The second kappa shape index (κ2) is 7.97. The van der Waals surface area contributed by atoms with Crippen LogP contribution in [-0.4, -0.2) is 36.7 Å². The van der Waals surface area contributed by atoms with Gasteiger partial charge in [0.05, 0.1) is 13.0 Å². The SMILES string of the molecule is CCOc1ccccc1OCC(=O)NCCC(=O)O. The predicted octanol–water partition coefficient (Wildman–Crippen LogP) is 1.05. The van der Waals surface area contributed by atoms with Crippen molar-refractivity contribution in [3.05, 3.63) is 24.3 Å². The van der Waals surface area contributed by atoms with Crippen molar-refractivity contribution in [1.82, 2.24) is 5.32 Å². The number of para-hydroxylation sites is 2. The van der Waals surface area contributed by atoms with Gasteiger partial charge < -0.3 is 19.9 Å². The third-order valence-corrected chi connectivity index (χ3v) is 2.17. The molecule has 0 saturated heterocycles. The van der Waals surface area contributed by atoms with Crippen molar-refractivity contribution in [1.29, 1.82) is 0 Å². The molecule has 0 radical (unpaired) electrons. The summed E-state index contributed by atoms with van der Waals surface area (Å²) in [6, 6.07) is 7.04. The maximum absolute atomic E-state index is 11.4. The highest BCUT2D eigenvalue weighted by molar-refractivity contribution is 5.78. The number of carboxylic acid groups (broad SMARTS) is 1. The van der Waals surface area contributed by atoms with Crippen molar-refractivity contribution in [2.75, 3.05) is 19.8 Å². The Balaban J connectivity index is 2.39. The summed E-state index contributed by atoms with van der Waals surface area (Å²) < 4.78 is 10.7. The fourth-order valence-corrected chi connectivity index (χ4v) is 1.35. The van der Waals surface area contributed by atoms with Crippen LogP contribution in [0.4, 0.5) is 0 Å². The lowest BCUT2D eigenvalue weighted by Crippen LogP contribution is -2.30. The van der Waals surface area contributed by atoms with E-state index in [9.17, 15) is 9.59 Å². The molecule has 6 nitrogen and oxygen atoms in total. The Morgan fingerprint density at radius 3 is 2.42 bits per heavy atom. The van der Waals surface area contributed by atoms with Gasteiger partial charge in [0, 0.05) is 6.54 Å². The first-order chi connectivity index (χ1) is 9.13. The topological polar surface area (TPSA) is 84.9 Å². The summed E-state index contributed by atoms with van der Waals surface area (Å²) >= 11 is 0. The smallest absolute Gasteiger partial charge is 0.305 e. The second-order valence-electron chi connectivity index (χ2n) is 3.66. The minimum Gasteiger partial charge on any atom is -0.490 e. The molecule has 19 heavy (non-hydrogen) atoms. The van der Waals surface area contributed by atoms with Gasteiger partial charge >= 0.3 is 5.97 Å². The number of nitrogens with one attached hydrogen (secondary N) is 1. The minimum atomic E-state index is -0.956. The quantitative estimate of drug-likeness (QED) is 0.735. The molecular weight excluding hydrogens is 250 g/mol. The summed E-state index contributed by atoms with van der Waals surface area (Å²) in [5.41, 5.74) is 0. The van der Waals surface area contributed by atoms with Gasteiger partial charge in [-0.3, -0.25) is 9.59 Å². The Morgan fingerprint density at radius 1 is 1.21 bits per heavy atom. The highest BCUT2D eigenvalue weighted by Crippen LogP contribution is 2.26. The Morgan fingerprint density at radius 2 is 1.84 bits per heavy atom. The summed E-state index contributed by atoms with van der Waals surface area (Å²) in [6.45, 7) is 2.27. The van der Waals surface area contributed by atoms with E-state index in [4.69, 9.17) is 14.6 Å². The monoisotopic (exact) mass is 267 g/mol. The zero-order chi connectivity index (χ0) is 14.1. The van der Waals surface area contributed by atoms with E-state index in [2.05, 4.69) is 5.32 Å². The average molecular weight is 267 g/mol. The number of ether oxygens (including phenoxy) is 2. The number of carbonyl (C=O) groups excluding carboxylic acids is 1. The molecule has 0 aliphatic heterocycles. The zero-order valence-electron chi connectivity index (χ0n) is 10.7. The van der Waals surface area contributed by atoms with E-state index >= 15 is 0 Å². The second-order valence-corrected chi connectivity index (χ2v) is 3.66. The Bertz CT molecular complexity index is 433. The lowest BCUT2D eigenvalue weighted by molar-refractivity contribution is -0.137. The lowest BCUT2D eigenvalue weighted by Gasteiger charge is -2.11. The van der Waals surface area contributed by atoms with Gasteiger partial charge in [0.2, 0.25) is 0 Å². The van der Waals surface area contributed by atoms with Crippen molar-refractivity contribution in [3.8, 4) is 11.5 Å². The van der Waals surface area contributed by atoms with Crippen LogP contribution < -0.4 is 14.8 Å². The molecule has 0 aliphatic carbocycles. The van der Waals surface area contributed by atoms with Crippen LogP contribution in [0.3, 0.4) is 0 Å². The van der Waals surface area contributed by atoms with Gasteiger partial charge in [0.15, 0.2) is 18.1 Å². The third kappa shape index (κ3) is 5.76. The van der Waals surface area contributed by atoms with Crippen LogP contribution in [0.25, 0.3) is 0 Å². The standard InChI is InChI=1S/C13H17NO5/c1-2-18-10-5-3-4-6-11(10)19-9-12(15)14-8-7-13(16)17/h3-6H,2,7-9H2,1H3,(H,14,15)(H,16,17). The van der Waals surface area contributed by atoms with E-state index in [0.29, 0.717) is 18.1 Å². The first kappa shape index (κ1) is 14.8. The summed E-state index contributed by atoms with van der Waals surface area (Å²) in [4.78, 5) is 21.7. The maximum atomic E-state index is 11.4. The summed E-state index contributed by atoms with van der Waals surface area (Å²) in [6.07, 6.45) is -0.110. The number of benzene rings is 1. The fraction of sp³-hybridized carbons (Fsp3) is 0.385. The van der Waals surface area contributed by atoms with Crippen LogP contribution in [0.5, 0.6) is 11.5 Å². The Labute approximate surface area is 111 Å². The van der Waals surface area contributed by atoms with E-state index in [0.717, 1.165) is 0 Å². The molecule has 0 aliphatic rings. The molecular formula is C13H17NO5. The molecule has 0 saturated carbocycles. The molecule has 1 aromatic carbocycles. The normalized spacial score (nSPS) is 9.74.